The lowest BCUT2D eigenvalue weighted by atomic mass is 9.64. The van der Waals surface area contributed by atoms with Gasteiger partial charge in [-0.3, -0.25) is 4.79 Å². The number of rotatable bonds is 4. The van der Waals surface area contributed by atoms with Crippen molar-refractivity contribution in [3.8, 4) is 0 Å². The Kier molecular flexibility index (Phi) is 4.20. The van der Waals surface area contributed by atoms with E-state index in [1.807, 2.05) is 18.2 Å². The average molecular weight is 261 g/mol. The maximum Gasteiger partial charge on any atom is 0.396 e. The third kappa shape index (κ3) is 2.95. The van der Waals surface area contributed by atoms with Gasteiger partial charge in [-0.2, -0.15) is 0 Å². The van der Waals surface area contributed by atoms with E-state index in [9.17, 15) is 9.59 Å². The van der Waals surface area contributed by atoms with E-state index in [0.717, 1.165) is 19.3 Å². The number of amides is 1. The molecule has 1 aliphatic rings. The Morgan fingerprint density at radius 2 is 1.95 bits per heavy atom. The minimum absolute atomic E-state index is 0.0105. The molecule has 1 aromatic rings. The maximum atomic E-state index is 11.6. The van der Waals surface area contributed by atoms with Crippen LogP contribution in [0.3, 0.4) is 0 Å². The number of nitrogens with one attached hydrogen (secondary N) is 1. The predicted octanol–water partition coefficient (Wildman–Crippen LogP) is 1.79. The number of carbonyl (C=O) groups excluding carboxylic acids is 2. The fraction of sp³-hybridized carbons (Fsp3) is 0.467. The number of ether oxygens (including phenoxy) is 1. The Morgan fingerprint density at radius 3 is 2.47 bits per heavy atom. The monoisotopic (exact) mass is 261 g/mol. The van der Waals surface area contributed by atoms with Crippen LogP contribution in [0.5, 0.6) is 0 Å². The molecule has 0 atom stereocenters. The van der Waals surface area contributed by atoms with E-state index in [1.165, 1.54) is 5.56 Å². The predicted molar refractivity (Wildman–Crippen MR) is 71.6 cm³/mol. The van der Waals surface area contributed by atoms with Gasteiger partial charge in [-0.15, -0.1) is 0 Å². The molecule has 102 valence electrons. The third-order valence-electron chi connectivity index (χ3n) is 3.74. The van der Waals surface area contributed by atoms with Crippen LogP contribution in [0.15, 0.2) is 30.3 Å². The zero-order valence-corrected chi connectivity index (χ0v) is 11.1. The van der Waals surface area contributed by atoms with Gasteiger partial charge in [0.25, 0.3) is 0 Å². The van der Waals surface area contributed by atoms with Gasteiger partial charge in [0, 0.05) is 12.0 Å². The first-order valence-electron chi connectivity index (χ1n) is 6.68. The molecular formula is C15H19NO3. The van der Waals surface area contributed by atoms with E-state index in [1.54, 1.807) is 6.92 Å². The first-order valence-corrected chi connectivity index (χ1v) is 6.68. The van der Waals surface area contributed by atoms with Crippen molar-refractivity contribution in [2.75, 3.05) is 13.2 Å². The SMILES string of the molecule is CCOC(=O)C(=O)NCC1(c2ccccc2)CCC1. The van der Waals surface area contributed by atoms with Crippen LogP contribution >= 0.6 is 0 Å². The molecule has 0 spiro atoms. The van der Waals surface area contributed by atoms with Gasteiger partial charge in [0.05, 0.1) is 6.61 Å². The molecule has 1 aromatic carbocycles. The summed E-state index contributed by atoms with van der Waals surface area (Å²) in [5.41, 5.74) is 1.22. The van der Waals surface area contributed by atoms with Crippen molar-refractivity contribution >= 4 is 11.9 Å². The van der Waals surface area contributed by atoms with Crippen molar-refractivity contribution in [2.24, 2.45) is 0 Å². The molecule has 0 radical (unpaired) electrons. The molecule has 0 heterocycles. The number of esters is 1. The summed E-state index contributed by atoms with van der Waals surface area (Å²) in [6.45, 7) is 2.40. The molecule has 1 fully saturated rings. The summed E-state index contributed by atoms with van der Waals surface area (Å²) in [5.74, 6) is -1.45. The summed E-state index contributed by atoms with van der Waals surface area (Å²) in [7, 11) is 0. The largest absolute Gasteiger partial charge is 0.459 e. The van der Waals surface area contributed by atoms with E-state index in [4.69, 9.17) is 0 Å². The van der Waals surface area contributed by atoms with Gasteiger partial charge in [-0.25, -0.2) is 4.79 Å². The summed E-state index contributed by atoms with van der Waals surface area (Å²) in [5, 5.41) is 2.70. The van der Waals surface area contributed by atoms with Crippen LogP contribution in [0.1, 0.15) is 31.7 Å². The van der Waals surface area contributed by atoms with E-state index in [-0.39, 0.29) is 12.0 Å². The quantitative estimate of drug-likeness (QED) is 0.664. The number of hydrogen-bond donors (Lipinski definition) is 1. The number of benzene rings is 1. The molecule has 4 nitrogen and oxygen atoms in total. The van der Waals surface area contributed by atoms with Gasteiger partial charge in [-0.1, -0.05) is 36.8 Å². The van der Waals surface area contributed by atoms with Crippen molar-refractivity contribution in [1.82, 2.24) is 5.32 Å². The standard InChI is InChI=1S/C15H19NO3/c1-2-19-14(18)13(17)16-11-15(9-6-10-15)12-7-4-3-5-8-12/h3-5,7-8H,2,6,9-11H2,1H3,(H,16,17). The van der Waals surface area contributed by atoms with Gasteiger partial charge >= 0.3 is 11.9 Å². The van der Waals surface area contributed by atoms with Crippen molar-refractivity contribution in [3.05, 3.63) is 35.9 Å². The molecular weight excluding hydrogens is 242 g/mol. The summed E-state index contributed by atoms with van der Waals surface area (Å²) < 4.78 is 4.68. The summed E-state index contributed by atoms with van der Waals surface area (Å²) >= 11 is 0. The van der Waals surface area contributed by atoms with Gasteiger partial charge in [0.15, 0.2) is 0 Å². The second-order valence-corrected chi connectivity index (χ2v) is 4.90. The van der Waals surface area contributed by atoms with Crippen LogP contribution in [0.2, 0.25) is 0 Å². The highest BCUT2D eigenvalue weighted by molar-refractivity contribution is 6.32. The fourth-order valence-corrected chi connectivity index (χ4v) is 2.48. The van der Waals surface area contributed by atoms with Crippen molar-refractivity contribution in [3.63, 3.8) is 0 Å². The van der Waals surface area contributed by atoms with Crippen LogP contribution in [0.25, 0.3) is 0 Å². The first kappa shape index (κ1) is 13.6. The summed E-state index contributed by atoms with van der Waals surface area (Å²) in [4.78, 5) is 22.8. The maximum absolute atomic E-state index is 11.6. The zero-order valence-electron chi connectivity index (χ0n) is 11.1. The molecule has 0 bridgehead atoms. The van der Waals surface area contributed by atoms with E-state index < -0.39 is 11.9 Å². The van der Waals surface area contributed by atoms with Crippen LogP contribution in [-0.2, 0) is 19.7 Å². The number of carbonyl (C=O) groups is 2. The lowest BCUT2D eigenvalue weighted by Gasteiger charge is -2.42. The van der Waals surface area contributed by atoms with Gasteiger partial charge in [0.2, 0.25) is 0 Å². The average Bonchev–Trinajstić information content (AvgIpc) is 2.39. The Hall–Kier alpha value is -1.84. The second kappa shape index (κ2) is 5.87. The molecule has 0 aliphatic heterocycles. The third-order valence-corrected chi connectivity index (χ3v) is 3.74. The fourth-order valence-electron chi connectivity index (χ4n) is 2.48. The molecule has 1 amide bonds. The van der Waals surface area contributed by atoms with Crippen molar-refractivity contribution in [2.45, 2.75) is 31.6 Å². The van der Waals surface area contributed by atoms with E-state index >= 15 is 0 Å². The minimum atomic E-state index is -0.801. The smallest absolute Gasteiger partial charge is 0.396 e. The zero-order chi connectivity index (χ0) is 13.7. The van der Waals surface area contributed by atoms with E-state index in [2.05, 4.69) is 22.2 Å². The van der Waals surface area contributed by atoms with Gasteiger partial charge in [-0.05, 0) is 25.3 Å². The van der Waals surface area contributed by atoms with Crippen LogP contribution in [0, 0.1) is 0 Å². The Labute approximate surface area is 113 Å². The molecule has 1 saturated carbocycles. The lowest BCUT2D eigenvalue weighted by molar-refractivity contribution is -0.154. The van der Waals surface area contributed by atoms with E-state index in [0.29, 0.717) is 6.54 Å². The lowest BCUT2D eigenvalue weighted by Crippen LogP contribution is -2.47. The Balaban J connectivity index is 1.97. The molecule has 0 saturated heterocycles. The minimum Gasteiger partial charge on any atom is -0.459 e. The van der Waals surface area contributed by atoms with Crippen LogP contribution < -0.4 is 5.32 Å². The molecule has 1 aliphatic carbocycles. The first-order chi connectivity index (χ1) is 9.18. The topological polar surface area (TPSA) is 55.4 Å². The molecule has 19 heavy (non-hydrogen) atoms. The highest BCUT2D eigenvalue weighted by Crippen LogP contribution is 2.43. The molecule has 0 aromatic heterocycles. The second-order valence-electron chi connectivity index (χ2n) is 4.90. The van der Waals surface area contributed by atoms with Gasteiger partial charge < -0.3 is 10.1 Å². The van der Waals surface area contributed by atoms with Crippen LogP contribution in [-0.4, -0.2) is 25.0 Å². The van der Waals surface area contributed by atoms with Crippen molar-refractivity contribution in [1.29, 1.82) is 0 Å². The highest BCUT2D eigenvalue weighted by atomic mass is 16.5. The van der Waals surface area contributed by atoms with Gasteiger partial charge in [0.1, 0.15) is 0 Å². The molecule has 1 N–H and O–H groups in total. The summed E-state index contributed by atoms with van der Waals surface area (Å²) in [6.07, 6.45) is 3.24. The normalized spacial score (nSPS) is 16.3. The summed E-state index contributed by atoms with van der Waals surface area (Å²) in [6, 6.07) is 10.1. The number of hydrogen-bond acceptors (Lipinski definition) is 3. The highest BCUT2D eigenvalue weighted by Gasteiger charge is 2.39. The Morgan fingerprint density at radius 1 is 1.26 bits per heavy atom. The van der Waals surface area contributed by atoms with Crippen LogP contribution in [0.4, 0.5) is 0 Å². The molecule has 4 heteroatoms. The molecule has 0 unspecified atom stereocenters. The van der Waals surface area contributed by atoms with Crippen molar-refractivity contribution < 1.29 is 14.3 Å². The Bertz CT molecular complexity index is 452. The molecule has 2 rings (SSSR count).